The average Bonchev–Trinajstić information content (AvgIpc) is 3.00. The Morgan fingerprint density at radius 2 is 2.04 bits per heavy atom. The Morgan fingerprint density at radius 3 is 2.72 bits per heavy atom. The van der Waals surface area contributed by atoms with E-state index in [4.69, 9.17) is 5.26 Å². The Balaban J connectivity index is 2.02. The minimum absolute atomic E-state index is 0.115. The van der Waals surface area contributed by atoms with Crippen molar-refractivity contribution in [1.29, 1.82) is 5.26 Å². The smallest absolute Gasteiger partial charge is 0.337 e. The molecule has 1 amide bonds. The fourth-order valence-electron chi connectivity index (χ4n) is 2.47. The molecule has 0 fully saturated rings. The van der Waals surface area contributed by atoms with Crippen LogP contribution in [0.25, 0.3) is 10.9 Å². The molecule has 3 aromatic rings. The van der Waals surface area contributed by atoms with Gasteiger partial charge in [-0.15, -0.1) is 0 Å². The number of anilines is 1. The number of carboxylic acid groups (broad SMARTS) is 1. The number of hydrogen-bond donors (Lipinski definition) is 2. The topological polar surface area (TPSA) is 108 Å². The van der Waals surface area contributed by atoms with Crippen molar-refractivity contribution >= 4 is 51.1 Å². The molecule has 2 N–H and O–H groups in total. The maximum Gasteiger partial charge on any atom is 0.337 e. The molecular formula is C17H11IN4O3. The molecule has 0 radical (unpaired) electrons. The second kappa shape index (κ2) is 6.90. The van der Waals surface area contributed by atoms with Gasteiger partial charge < -0.3 is 10.4 Å². The predicted molar refractivity (Wildman–Crippen MR) is 99.8 cm³/mol. The summed E-state index contributed by atoms with van der Waals surface area (Å²) in [5, 5.41) is 25.8. The quantitative estimate of drug-likeness (QED) is 0.473. The summed E-state index contributed by atoms with van der Waals surface area (Å²) in [7, 11) is 0. The van der Waals surface area contributed by atoms with Crippen LogP contribution in [0.2, 0.25) is 0 Å². The second-order valence-corrected chi connectivity index (χ2v) is 5.80. The third-order valence-corrected chi connectivity index (χ3v) is 4.26. The molecule has 0 aliphatic rings. The van der Waals surface area contributed by atoms with Gasteiger partial charge in [-0.2, -0.15) is 10.4 Å². The highest BCUT2D eigenvalue weighted by Crippen LogP contribution is 2.22. The highest BCUT2D eigenvalue weighted by atomic mass is 127. The van der Waals surface area contributed by atoms with Gasteiger partial charge in [0.15, 0.2) is 5.69 Å². The molecule has 1 aromatic heterocycles. The van der Waals surface area contributed by atoms with Crippen molar-refractivity contribution in [3.8, 4) is 6.07 Å². The number of fused-ring (bicyclic) bond motifs is 1. The molecule has 8 heteroatoms. The Hall–Kier alpha value is -2.93. The first-order valence-electron chi connectivity index (χ1n) is 7.15. The van der Waals surface area contributed by atoms with Crippen molar-refractivity contribution in [3.05, 3.63) is 59.3 Å². The molecule has 3 rings (SSSR count). The number of nitriles is 1. The minimum atomic E-state index is -1.23. The Kier molecular flexibility index (Phi) is 4.67. The van der Waals surface area contributed by atoms with Gasteiger partial charge in [-0.3, -0.25) is 9.48 Å². The lowest BCUT2D eigenvalue weighted by Gasteiger charge is -2.07. The van der Waals surface area contributed by atoms with Crippen LogP contribution in [0.4, 0.5) is 5.69 Å². The molecule has 0 aliphatic carbocycles. The van der Waals surface area contributed by atoms with Gasteiger partial charge in [0.1, 0.15) is 0 Å². The van der Waals surface area contributed by atoms with E-state index in [0.29, 0.717) is 9.94 Å². The molecule has 7 nitrogen and oxygen atoms in total. The van der Waals surface area contributed by atoms with E-state index in [1.165, 1.54) is 18.2 Å². The summed E-state index contributed by atoms with van der Waals surface area (Å²) in [6.45, 7) is 0. The fraction of sp³-hybridized carbons (Fsp3) is 0.0588. The Bertz CT molecular complexity index is 1040. The summed E-state index contributed by atoms with van der Waals surface area (Å²) in [4.78, 5) is 24.0. The summed E-state index contributed by atoms with van der Waals surface area (Å²) in [5.74, 6) is -1.73. The second-order valence-electron chi connectivity index (χ2n) is 5.12. The number of aromatic nitrogens is 2. The van der Waals surface area contributed by atoms with Crippen LogP contribution < -0.4 is 5.32 Å². The molecule has 0 saturated carbocycles. The molecule has 0 unspecified atom stereocenters. The molecule has 0 saturated heterocycles. The van der Waals surface area contributed by atoms with Gasteiger partial charge in [-0.1, -0.05) is 40.8 Å². The monoisotopic (exact) mass is 446 g/mol. The summed E-state index contributed by atoms with van der Waals surface area (Å²) < 4.78 is 2.27. The van der Waals surface area contributed by atoms with Crippen molar-refractivity contribution < 1.29 is 14.7 Å². The minimum Gasteiger partial charge on any atom is -0.478 e. The van der Waals surface area contributed by atoms with Gasteiger partial charge in [-0.05, 0) is 24.3 Å². The number of carboxylic acids is 1. The summed E-state index contributed by atoms with van der Waals surface area (Å²) in [6.07, 6.45) is 0. The normalized spacial score (nSPS) is 10.4. The maximum absolute atomic E-state index is 12.6. The lowest BCUT2D eigenvalue weighted by molar-refractivity contribution is 0.0698. The van der Waals surface area contributed by atoms with Gasteiger partial charge in [0, 0.05) is 5.39 Å². The molecule has 0 atom stereocenters. The van der Waals surface area contributed by atoms with Gasteiger partial charge in [0.2, 0.25) is 0 Å². The van der Waals surface area contributed by atoms with Gasteiger partial charge in [0.05, 0.1) is 33.0 Å². The number of alkyl halides is 1. The first-order valence-corrected chi connectivity index (χ1v) is 8.68. The van der Waals surface area contributed by atoms with E-state index < -0.39 is 11.9 Å². The summed E-state index contributed by atoms with van der Waals surface area (Å²) in [5.41, 5.74) is 1.21. The van der Waals surface area contributed by atoms with E-state index in [2.05, 4.69) is 33.0 Å². The van der Waals surface area contributed by atoms with E-state index in [0.717, 1.165) is 5.52 Å². The van der Waals surface area contributed by atoms with Crippen molar-refractivity contribution in [3.63, 3.8) is 0 Å². The standard InChI is InChI=1S/C17H11IN4O3/c18-9-22-14-4-2-1-3-11(14)15(21-22)16(23)20-13-6-5-10(8-19)7-12(13)17(24)25/h1-7H,9H2,(H,20,23)(H,24,25). The zero-order valence-corrected chi connectivity index (χ0v) is 14.9. The van der Waals surface area contributed by atoms with Crippen LogP contribution in [0, 0.1) is 11.3 Å². The van der Waals surface area contributed by atoms with Crippen LogP contribution in [-0.2, 0) is 4.55 Å². The van der Waals surface area contributed by atoms with E-state index in [1.807, 2.05) is 24.3 Å². The number of halogens is 1. The van der Waals surface area contributed by atoms with Gasteiger partial charge >= 0.3 is 5.97 Å². The van der Waals surface area contributed by atoms with Crippen LogP contribution in [0.1, 0.15) is 26.4 Å². The number of aromatic carboxylic acids is 1. The number of carbonyl (C=O) groups is 2. The number of amides is 1. The number of nitrogens with zero attached hydrogens (tertiary/aromatic N) is 3. The Morgan fingerprint density at radius 1 is 1.28 bits per heavy atom. The number of rotatable bonds is 4. The van der Waals surface area contributed by atoms with E-state index in [-0.39, 0.29) is 22.5 Å². The lowest BCUT2D eigenvalue weighted by Crippen LogP contribution is -2.16. The van der Waals surface area contributed by atoms with Crippen molar-refractivity contribution in [2.24, 2.45) is 0 Å². The number of carbonyl (C=O) groups excluding carboxylic acids is 1. The van der Waals surface area contributed by atoms with Crippen molar-refractivity contribution in [2.45, 2.75) is 4.55 Å². The van der Waals surface area contributed by atoms with E-state index >= 15 is 0 Å². The Labute approximate surface area is 156 Å². The molecule has 25 heavy (non-hydrogen) atoms. The predicted octanol–water partition coefficient (Wildman–Crippen LogP) is 3.25. The first kappa shape index (κ1) is 16.9. The van der Waals surface area contributed by atoms with Crippen LogP contribution in [-0.4, -0.2) is 26.8 Å². The maximum atomic E-state index is 12.6. The van der Waals surface area contributed by atoms with Crippen LogP contribution in [0.15, 0.2) is 42.5 Å². The lowest BCUT2D eigenvalue weighted by atomic mass is 10.1. The van der Waals surface area contributed by atoms with Crippen LogP contribution >= 0.6 is 22.6 Å². The van der Waals surface area contributed by atoms with Crippen LogP contribution in [0.3, 0.4) is 0 Å². The number of hydrogen-bond acceptors (Lipinski definition) is 4. The van der Waals surface area contributed by atoms with Crippen LogP contribution in [0.5, 0.6) is 0 Å². The SMILES string of the molecule is N#Cc1ccc(NC(=O)c2nn(CI)c3ccccc23)c(C(=O)O)c1. The first-order chi connectivity index (χ1) is 12.0. The zero-order chi connectivity index (χ0) is 18.0. The highest BCUT2D eigenvalue weighted by molar-refractivity contribution is 14.1. The van der Waals surface area contributed by atoms with Gasteiger partial charge in [-0.25, -0.2) is 4.79 Å². The molecule has 1 heterocycles. The van der Waals surface area contributed by atoms with Gasteiger partial charge in [0.25, 0.3) is 5.91 Å². The fourth-order valence-corrected chi connectivity index (χ4v) is 2.99. The number of nitrogens with one attached hydrogen (secondary N) is 1. The highest BCUT2D eigenvalue weighted by Gasteiger charge is 2.19. The molecular weight excluding hydrogens is 435 g/mol. The summed E-state index contributed by atoms with van der Waals surface area (Å²) >= 11 is 2.14. The molecule has 0 bridgehead atoms. The molecule has 0 spiro atoms. The van der Waals surface area contributed by atoms with Crippen molar-refractivity contribution in [1.82, 2.24) is 9.78 Å². The van der Waals surface area contributed by atoms with Crippen molar-refractivity contribution in [2.75, 3.05) is 5.32 Å². The third kappa shape index (κ3) is 3.18. The molecule has 2 aromatic carbocycles. The van der Waals surface area contributed by atoms with E-state index in [1.54, 1.807) is 10.7 Å². The summed E-state index contributed by atoms with van der Waals surface area (Å²) in [6, 6.07) is 13.3. The average molecular weight is 446 g/mol. The number of benzene rings is 2. The largest absolute Gasteiger partial charge is 0.478 e. The number of para-hydroxylation sites is 1. The molecule has 124 valence electrons. The third-order valence-electron chi connectivity index (χ3n) is 3.61. The molecule has 0 aliphatic heterocycles. The zero-order valence-electron chi connectivity index (χ0n) is 12.7. The van der Waals surface area contributed by atoms with E-state index in [9.17, 15) is 14.7 Å².